The molecule has 10 nitrogen and oxygen atoms in total. The minimum atomic E-state index is -0.470. The number of fused-ring (bicyclic) bond motifs is 4. The van der Waals surface area contributed by atoms with Crippen LogP contribution in [0.25, 0.3) is 32.8 Å². The molecule has 1 N–H and O–H groups in total. The standard InChI is InChI=1S/C36H41FN6O4/c1-40-12-4-6-26(40)22-47-36-38-34-30(11-10-29(33(34)37)31-18-27(44)17-23-5-2-3-7-28(23)31)35(39-36)42-19-24-8-9-25(20-42)43(24)21-32(45)41-13-15-46-16-14-41/h2-3,5,7,10-11,17-18,24-26,44H,4,6,8-9,12-16,19-22H2,1H3/t24?,25?,26-/m0/s1. The monoisotopic (exact) mass is 640 g/mol. The fourth-order valence-electron chi connectivity index (χ4n) is 8.01. The molecule has 2 unspecified atom stereocenters. The highest BCUT2D eigenvalue weighted by molar-refractivity contribution is 6.01. The van der Waals surface area contributed by atoms with Gasteiger partial charge in [-0.3, -0.25) is 9.69 Å². The number of aromatic nitrogens is 2. The van der Waals surface area contributed by atoms with Crippen molar-refractivity contribution in [3.05, 3.63) is 54.3 Å². The van der Waals surface area contributed by atoms with Gasteiger partial charge in [-0.05, 0) is 73.8 Å². The number of piperazine rings is 1. The Bertz CT molecular complexity index is 1800. The van der Waals surface area contributed by atoms with E-state index >= 15 is 4.39 Å². The van der Waals surface area contributed by atoms with E-state index in [1.807, 2.05) is 35.2 Å². The zero-order chi connectivity index (χ0) is 32.1. The minimum Gasteiger partial charge on any atom is -0.508 e. The molecule has 0 saturated carbocycles. The Labute approximate surface area is 273 Å². The van der Waals surface area contributed by atoms with E-state index in [0.29, 0.717) is 74.9 Å². The number of amides is 1. The Morgan fingerprint density at radius 3 is 2.53 bits per heavy atom. The maximum absolute atomic E-state index is 16.8. The summed E-state index contributed by atoms with van der Waals surface area (Å²) < 4.78 is 28.5. The smallest absolute Gasteiger partial charge is 0.319 e. The van der Waals surface area contributed by atoms with Gasteiger partial charge < -0.3 is 29.3 Å². The molecule has 0 spiro atoms. The lowest BCUT2D eigenvalue weighted by Crippen LogP contribution is -2.57. The van der Waals surface area contributed by atoms with E-state index < -0.39 is 5.82 Å². The number of rotatable bonds is 7. The molecule has 3 aromatic carbocycles. The number of nitrogens with zero attached hydrogens (tertiary/aromatic N) is 6. The molecule has 2 bridgehead atoms. The van der Waals surface area contributed by atoms with Crippen LogP contribution < -0.4 is 9.64 Å². The quantitative estimate of drug-likeness (QED) is 0.318. The summed E-state index contributed by atoms with van der Waals surface area (Å²) in [6.45, 7) is 5.71. The van der Waals surface area contributed by atoms with E-state index in [2.05, 4.69) is 26.7 Å². The number of likely N-dealkylation sites (tertiary alicyclic amines) is 1. The predicted molar refractivity (Wildman–Crippen MR) is 178 cm³/mol. The average Bonchev–Trinajstić information content (AvgIpc) is 3.59. The maximum atomic E-state index is 16.8. The summed E-state index contributed by atoms with van der Waals surface area (Å²) in [5.41, 5.74) is 1.17. The highest BCUT2D eigenvalue weighted by Crippen LogP contribution is 2.40. The topological polar surface area (TPSA) is 94.5 Å². The van der Waals surface area contributed by atoms with Crippen molar-refractivity contribution in [2.24, 2.45) is 0 Å². The van der Waals surface area contributed by atoms with Gasteiger partial charge in [-0.2, -0.15) is 9.97 Å². The number of morpholine rings is 1. The molecule has 4 aromatic rings. The summed E-state index contributed by atoms with van der Waals surface area (Å²) in [7, 11) is 2.10. The van der Waals surface area contributed by atoms with Gasteiger partial charge in [-0.25, -0.2) is 4.39 Å². The van der Waals surface area contributed by atoms with E-state index in [1.54, 1.807) is 18.2 Å². The minimum absolute atomic E-state index is 0.0757. The van der Waals surface area contributed by atoms with Crippen LogP contribution in [0.2, 0.25) is 0 Å². The second-order valence-corrected chi connectivity index (χ2v) is 13.4. The van der Waals surface area contributed by atoms with Crippen LogP contribution in [0.4, 0.5) is 10.2 Å². The van der Waals surface area contributed by atoms with Crippen molar-refractivity contribution in [1.29, 1.82) is 0 Å². The second kappa shape index (κ2) is 12.5. The van der Waals surface area contributed by atoms with Crippen molar-refractivity contribution < 1.29 is 23.8 Å². The summed E-state index contributed by atoms with van der Waals surface area (Å²) >= 11 is 0. The van der Waals surface area contributed by atoms with Crippen LogP contribution in [0.3, 0.4) is 0 Å². The first-order valence-electron chi connectivity index (χ1n) is 16.8. The maximum Gasteiger partial charge on any atom is 0.319 e. The molecule has 4 saturated heterocycles. The van der Waals surface area contributed by atoms with Crippen LogP contribution in [0, 0.1) is 5.82 Å². The Morgan fingerprint density at radius 2 is 1.77 bits per heavy atom. The molecule has 1 aromatic heterocycles. The van der Waals surface area contributed by atoms with Crippen molar-refractivity contribution in [3.8, 4) is 22.9 Å². The molecule has 47 heavy (non-hydrogen) atoms. The lowest BCUT2D eigenvalue weighted by molar-refractivity contribution is -0.137. The number of halogens is 1. The van der Waals surface area contributed by atoms with Gasteiger partial charge in [0.05, 0.1) is 19.8 Å². The molecular formula is C36H41FN6O4. The van der Waals surface area contributed by atoms with Crippen LogP contribution in [-0.2, 0) is 9.53 Å². The predicted octanol–water partition coefficient (Wildman–Crippen LogP) is 4.28. The molecule has 1 amide bonds. The number of carbonyl (C=O) groups is 1. The number of likely N-dealkylation sites (N-methyl/N-ethyl adjacent to an activating group) is 1. The number of phenols is 1. The van der Waals surface area contributed by atoms with Crippen molar-refractivity contribution in [2.75, 3.05) is 71.0 Å². The Kier molecular flexibility index (Phi) is 8.07. The van der Waals surface area contributed by atoms with Gasteiger partial charge in [-0.1, -0.05) is 30.3 Å². The van der Waals surface area contributed by atoms with E-state index in [0.717, 1.165) is 43.0 Å². The first-order chi connectivity index (χ1) is 22.9. The van der Waals surface area contributed by atoms with Crippen molar-refractivity contribution in [1.82, 2.24) is 24.7 Å². The zero-order valence-electron chi connectivity index (χ0n) is 26.8. The summed E-state index contributed by atoms with van der Waals surface area (Å²) in [6, 6.07) is 15.4. The fourth-order valence-corrected chi connectivity index (χ4v) is 8.01. The molecule has 5 heterocycles. The first kappa shape index (κ1) is 30.3. The third-order valence-electron chi connectivity index (χ3n) is 10.6. The van der Waals surface area contributed by atoms with Crippen molar-refractivity contribution in [2.45, 2.75) is 43.8 Å². The number of hydrogen-bond acceptors (Lipinski definition) is 9. The van der Waals surface area contributed by atoms with Crippen LogP contribution in [-0.4, -0.2) is 120 Å². The average molecular weight is 641 g/mol. The number of phenolic OH excluding ortho intramolecular Hbond substituents is 1. The Hall–Kier alpha value is -4.06. The number of hydrogen-bond donors (Lipinski definition) is 1. The second-order valence-electron chi connectivity index (χ2n) is 13.4. The molecule has 0 radical (unpaired) electrons. The van der Waals surface area contributed by atoms with Crippen LogP contribution in [0.1, 0.15) is 25.7 Å². The van der Waals surface area contributed by atoms with Crippen molar-refractivity contribution in [3.63, 3.8) is 0 Å². The Morgan fingerprint density at radius 1 is 0.979 bits per heavy atom. The summed E-state index contributed by atoms with van der Waals surface area (Å²) in [4.78, 5) is 31.6. The molecular weight excluding hydrogens is 599 g/mol. The molecule has 246 valence electrons. The normalized spacial score (nSPS) is 23.7. The van der Waals surface area contributed by atoms with Crippen molar-refractivity contribution >= 4 is 33.4 Å². The SMILES string of the molecule is CN1CCC[C@H]1COc1nc(N2CC3CCC(C2)N3CC(=O)N2CCOCC2)c2ccc(-c3cc(O)cc4ccccc34)c(F)c2n1. The molecule has 4 fully saturated rings. The van der Waals surface area contributed by atoms with Gasteiger partial charge in [0.2, 0.25) is 5.91 Å². The zero-order valence-corrected chi connectivity index (χ0v) is 26.8. The summed E-state index contributed by atoms with van der Waals surface area (Å²) in [5, 5.41) is 12.8. The summed E-state index contributed by atoms with van der Waals surface area (Å²) in [5.74, 6) is 0.425. The molecule has 11 heteroatoms. The third-order valence-corrected chi connectivity index (χ3v) is 10.6. The van der Waals surface area contributed by atoms with Gasteiger partial charge in [0.15, 0.2) is 5.82 Å². The van der Waals surface area contributed by atoms with E-state index in [-0.39, 0.29) is 41.3 Å². The van der Waals surface area contributed by atoms with E-state index in [9.17, 15) is 9.90 Å². The summed E-state index contributed by atoms with van der Waals surface area (Å²) in [6.07, 6.45) is 4.15. The van der Waals surface area contributed by atoms with Crippen LogP contribution in [0.15, 0.2) is 48.5 Å². The number of aromatic hydroxyl groups is 1. The molecule has 8 rings (SSSR count). The van der Waals surface area contributed by atoms with Gasteiger partial charge in [0.1, 0.15) is 23.7 Å². The van der Waals surface area contributed by atoms with Crippen LogP contribution >= 0.6 is 0 Å². The molecule has 4 aliphatic heterocycles. The largest absolute Gasteiger partial charge is 0.508 e. The number of carbonyl (C=O) groups excluding carboxylic acids is 1. The van der Waals surface area contributed by atoms with Crippen LogP contribution in [0.5, 0.6) is 11.8 Å². The first-order valence-corrected chi connectivity index (χ1v) is 16.8. The third kappa shape index (κ3) is 5.74. The fraction of sp³-hybridized carbons (Fsp3) is 0.472. The number of benzene rings is 3. The Balaban J connectivity index is 1.15. The van der Waals surface area contributed by atoms with Gasteiger partial charge >= 0.3 is 6.01 Å². The highest BCUT2D eigenvalue weighted by atomic mass is 19.1. The highest BCUT2D eigenvalue weighted by Gasteiger charge is 2.42. The van der Waals surface area contributed by atoms with Gasteiger partial charge in [0.25, 0.3) is 0 Å². The molecule has 3 atom stereocenters. The van der Waals surface area contributed by atoms with E-state index in [1.165, 1.54) is 0 Å². The number of anilines is 1. The molecule has 0 aliphatic carbocycles. The molecule has 4 aliphatic rings. The van der Waals surface area contributed by atoms with Gasteiger partial charge in [0, 0.05) is 55.3 Å². The van der Waals surface area contributed by atoms with Gasteiger partial charge in [-0.15, -0.1) is 0 Å². The number of ether oxygens (including phenoxy) is 2. The lowest BCUT2D eigenvalue weighted by Gasteiger charge is -2.42. The van der Waals surface area contributed by atoms with E-state index in [4.69, 9.17) is 14.5 Å². The lowest BCUT2D eigenvalue weighted by atomic mass is 9.96.